The fourth-order valence-corrected chi connectivity index (χ4v) is 3.48. The molecule has 0 fully saturated rings. The van der Waals surface area contributed by atoms with Gasteiger partial charge in [0, 0.05) is 11.3 Å². The van der Waals surface area contributed by atoms with Gasteiger partial charge in [-0.25, -0.2) is 4.39 Å². The van der Waals surface area contributed by atoms with Gasteiger partial charge in [0.05, 0.1) is 17.1 Å². The number of anilines is 2. The van der Waals surface area contributed by atoms with E-state index in [1.807, 2.05) is 42.5 Å². The molecule has 0 saturated carbocycles. The second-order valence-corrected chi connectivity index (χ2v) is 7.43. The maximum absolute atomic E-state index is 13.0. The summed E-state index contributed by atoms with van der Waals surface area (Å²) in [6.45, 7) is 0. The highest BCUT2D eigenvalue weighted by Crippen LogP contribution is 2.25. The summed E-state index contributed by atoms with van der Waals surface area (Å²) in [7, 11) is 0. The Morgan fingerprint density at radius 3 is 2.39 bits per heavy atom. The molecule has 0 atom stereocenters. The van der Waals surface area contributed by atoms with E-state index in [1.165, 1.54) is 30.3 Å². The van der Waals surface area contributed by atoms with Crippen molar-refractivity contribution in [1.29, 1.82) is 0 Å². The third kappa shape index (κ3) is 4.90. The van der Waals surface area contributed by atoms with Crippen LogP contribution in [-0.2, 0) is 11.2 Å². The number of carbonyl (C=O) groups excluding carboxylic acids is 2. The predicted molar refractivity (Wildman–Crippen MR) is 122 cm³/mol. The number of amides is 2. The number of benzene rings is 4. The average Bonchev–Trinajstić information content (AvgIpc) is 2.77. The van der Waals surface area contributed by atoms with E-state index in [2.05, 4.69) is 10.6 Å². The van der Waals surface area contributed by atoms with Crippen molar-refractivity contribution < 1.29 is 14.0 Å². The zero-order chi connectivity index (χ0) is 21.8. The summed E-state index contributed by atoms with van der Waals surface area (Å²) in [4.78, 5) is 25.2. The molecule has 0 aliphatic heterocycles. The number of halogens is 2. The Hall–Kier alpha value is -3.70. The van der Waals surface area contributed by atoms with E-state index >= 15 is 0 Å². The van der Waals surface area contributed by atoms with Gasteiger partial charge in [-0.1, -0.05) is 54.1 Å². The van der Waals surface area contributed by atoms with Crippen molar-refractivity contribution >= 4 is 45.6 Å². The highest BCUT2D eigenvalue weighted by Gasteiger charge is 2.13. The van der Waals surface area contributed by atoms with Gasteiger partial charge in [-0.05, 0) is 58.8 Å². The summed E-state index contributed by atoms with van der Waals surface area (Å²) < 4.78 is 13.0. The largest absolute Gasteiger partial charge is 0.324 e. The summed E-state index contributed by atoms with van der Waals surface area (Å²) in [5, 5.41) is 7.87. The molecule has 154 valence electrons. The van der Waals surface area contributed by atoms with Crippen LogP contribution < -0.4 is 10.6 Å². The van der Waals surface area contributed by atoms with Crippen LogP contribution in [0.5, 0.6) is 0 Å². The summed E-state index contributed by atoms with van der Waals surface area (Å²) in [5.41, 5.74) is 2.02. The lowest BCUT2D eigenvalue weighted by Gasteiger charge is -2.11. The summed E-state index contributed by atoms with van der Waals surface area (Å²) in [5.74, 6) is -1.03. The number of nitrogens with one attached hydrogen (secondary N) is 2. The quantitative estimate of drug-likeness (QED) is 0.402. The SMILES string of the molecule is O=C(Cc1cccc2ccccc12)Nc1cc(C(=O)Nc2ccc(F)cc2)ccc1Cl. The predicted octanol–water partition coefficient (Wildman–Crippen LogP) is 6.07. The van der Waals surface area contributed by atoms with Crippen molar-refractivity contribution in [2.24, 2.45) is 0 Å². The molecule has 2 N–H and O–H groups in total. The number of carbonyl (C=O) groups is 2. The van der Waals surface area contributed by atoms with Gasteiger partial charge >= 0.3 is 0 Å². The first-order chi connectivity index (χ1) is 15.0. The molecular formula is C25H18ClFN2O2. The second kappa shape index (κ2) is 8.98. The third-order valence-electron chi connectivity index (χ3n) is 4.84. The number of hydrogen-bond acceptors (Lipinski definition) is 2. The fraction of sp³-hybridized carbons (Fsp3) is 0.0400. The first kappa shape index (κ1) is 20.6. The third-order valence-corrected chi connectivity index (χ3v) is 5.17. The van der Waals surface area contributed by atoms with E-state index in [-0.39, 0.29) is 18.1 Å². The molecule has 31 heavy (non-hydrogen) atoms. The van der Waals surface area contributed by atoms with Crippen LogP contribution in [0.15, 0.2) is 84.9 Å². The van der Waals surface area contributed by atoms with Gasteiger partial charge in [0.2, 0.25) is 5.91 Å². The van der Waals surface area contributed by atoms with E-state index in [4.69, 9.17) is 11.6 Å². The fourth-order valence-electron chi connectivity index (χ4n) is 3.31. The van der Waals surface area contributed by atoms with Gasteiger partial charge in [0.25, 0.3) is 5.91 Å². The highest BCUT2D eigenvalue weighted by molar-refractivity contribution is 6.34. The van der Waals surface area contributed by atoms with Crippen molar-refractivity contribution in [1.82, 2.24) is 0 Å². The van der Waals surface area contributed by atoms with E-state index in [0.717, 1.165) is 16.3 Å². The van der Waals surface area contributed by atoms with E-state index in [1.54, 1.807) is 12.1 Å². The van der Waals surface area contributed by atoms with Crippen molar-refractivity contribution in [3.8, 4) is 0 Å². The topological polar surface area (TPSA) is 58.2 Å². The second-order valence-electron chi connectivity index (χ2n) is 7.02. The Bertz CT molecular complexity index is 1270. The Kier molecular flexibility index (Phi) is 5.96. The molecule has 0 aliphatic rings. The Labute approximate surface area is 183 Å². The molecule has 0 aliphatic carbocycles. The molecule has 4 nitrogen and oxygen atoms in total. The van der Waals surface area contributed by atoms with E-state index < -0.39 is 5.91 Å². The molecule has 0 saturated heterocycles. The van der Waals surface area contributed by atoms with Crippen molar-refractivity contribution in [2.45, 2.75) is 6.42 Å². The minimum atomic E-state index is -0.396. The van der Waals surface area contributed by atoms with Crippen LogP contribution in [0.4, 0.5) is 15.8 Å². The van der Waals surface area contributed by atoms with Crippen molar-refractivity contribution in [3.05, 3.63) is 107 Å². The lowest BCUT2D eigenvalue weighted by atomic mass is 10.0. The molecule has 0 aromatic heterocycles. The van der Waals surface area contributed by atoms with Gasteiger partial charge in [-0.15, -0.1) is 0 Å². The van der Waals surface area contributed by atoms with E-state index in [0.29, 0.717) is 22.0 Å². The van der Waals surface area contributed by atoms with Gasteiger partial charge in [-0.2, -0.15) is 0 Å². The van der Waals surface area contributed by atoms with Crippen molar-refractivity contribution in [3.63, 3.8) is 0 Å². The Balaban J connectivity index is 1.49. The van der Waals surface area contributed by atoms with E-state index in [9.17, 15) is 14.0 Å². The van der Waals surface area contributed by atoms with Crippen LogP contribution in [0.2, 0.25) is 5.02 Å². The summed E-state index contributed by atoms with van der Waals surface area (Å²) in [6.07, 6.45) is 0.170. The molecule has 0 unspecified atom stereocenters. The van der Waals surface area contributed by atoms with Gasteiger partial charge in [-0.3, -0.25) is 9.59 Å². The minimum absolute atomic E-state index is 0.170. The lowest BCUT2D eigenvalue weighted by molar-refractivity contribution is -0.115. The van der Waals surface area contributed by atoms with Crippen LogP contribution in [0.25, 0.3) is 10.8 Å². The zero-order valence-electron chi connectivity index (χ0n) is 16.4. The Morgan fingerprint density at radius 2 is 1.58 bits per heavy atom. The molecule has 2 amide bonds. The molecule has 0 radical (unpaired) electrons. The van der Waals surface area contributed by atoms with Crippen LogP contribution in [0, 0.1) is 5.82 Å². The van der Waals surface area contributed by atoms with Crippen LogP contribution in [-0.4, -0.2) is 11.8 Å². The molecular weight excluding hydrogens is 415 g/mol. The highest BCUT2D eigenvalue weighted by atomic mass is 35.5. The molecule has 4 aromatic rings. The van der Waals surface area contributed by atoms with Gasteiger partial charge in [0.15, 0.2) is 0 Å². The normalized spacial score (nSPS) is 10.6. The zero-order valence-corrected chi connectivity index (χ0v) is 17.1. The standard InChI is InChI=1S/C25H18ClFN2O2/c26-22-13-8-18(25(31)28-20-11-9-19(27)10-12-20)14-23(22)29-24(30)15-17-6-3-5-16-4-1-2-7-21(16)17/h1-14H,15H2,(H,28,31)(H,29,30). The van der Waals surface area contributed by atoms with Gasteiger partial charge < -0.3 is 10.6 Å². The average molecular weight is 433 g/mol. The Morgan fingerprint density at radius 1 is 0.839 bits per heavy atom. The van der Waals surface area contributed by atoms with Crippen molar-refractivity contribution in [2.75, 3.05) is 10.6 Å². The summed E-state index contributed by atoms with van der Waals surface area (Å²) in [6, 6.07) is 23.8. The molecule has 4 aromatic carbocycles. The smallest absolute Gasteiger partial charge is 0.255 e. The minimum Gasteiger partial charge on any atom is -0.324 e. The number of hydrogen-bond donors (Lipinski definition) is 2. The molecule has 4 rings (SSSR count). The molecule has 0 bridgehead atoms. The monoisotopic (exact) mass is 432 g/mol. The lowest BCUT2D eigenvalue weighted by Crippen LogP contribution is -2.16. The van der Waals surface area contributed by atoms with Crippen LogP contribution in [0.1, 0.15) is 15.9 Å². The van der Waals surface area contributed by atoms with Crippen LogP contribution in [0.3, 0.4) is 0 Å². The maximum atomic E-state index is 13.0. The van der Waals surface area contributed by atoms with Crippen LogP contribution >= 0.6 is 11.6 Å². The number of rotatable bonds is 5. The van der Waals surface area contributed by atoms with Gasteiger partial charge in [0.1, 0.15) is 5.82 Å². The summed E-state index contributed by atoms with van der Waals surface area (Å²) >= 11 is 6.23. The molecule has 0 spiro atoms. The molecule has 0 heterocycles. The first-order valence-electron chi connectivity index (χ1n) is 9.62. The molecule has 6 heteroatoms. The maximum Gasteiger partial charge on any atom is 0.255 e. The number of fused-ring (bicyclic) bond motifs is 1. The first-order valence-corrected chi connectivity index (χ1v) is 10.0.